The molecule has 2 heterocycles. The van der Waals surface area contributed by atoms with E-state index >= 15 is 0 Å². The molecule has 1 unspecified atom stereocenters. The van der Waals surface area contributed by atoms with Gasteiger partial charge in [-0.05, 0) is 35.5 Å². The van der Waals surface area contributed by atoms with Crippen LogP contribution in [0.25, 0.3) is 0 Å². The minimum Gasteiger partial charge on any atom is -0.352 e. The van der Waals surface area contributed by atoms with Crippen LogP contribution in [0.2, 0.25) is 0 Å². The molecule has 10 heteroatoms. The minimum absolute atomic E-state index is 0. The summed E-state index contributed by atoms with van der Waals surface area (Å²) in [4.78, 5) is 13.1. The fourth-order valence-electron chi connectivity index (χ4n) is 3.14. The van der Waals surface area contributed by atoms with E-state index in [1.807, 2.05) is 13.8 Å². The van der Waals surface area contributed by atoms with E-state index in [0.29, 0.717) is 18.4 Å². The maximum atomic E-state index is 13.8. The lowest BCUT2D eigenvalue weighted by Gasteiger charge is -2.32. The number of hydrogen-bond donors (Lipinski definition) is 1. The fourth-order valence-corrected chi connectivity index (χ4v) is 3.14. The summed E-state index contributed by atoms with van der Waals surface area (Å²) in [6.45, 7) is 8.92. The van der Waals surface area contributed by atoms with E-state index < -0.39 is 23.4 Å². The predicted molar refractivity (Wildman–Crippen MR) is 108 cm³/mol. The second-order valence-corrected chi connectivity index (χ2v) is 6.93. The highest BCUT2D eigenvalue weighted by Gasteiger charge is 2.48. The first-order valence-electron chi connectivity index (χ1n) is 9.80. The summed E-state index contributed by atoms with van der Waals surface area (Å²) in [5.74, 6) is -3.74. The van der Waals surface area contributed by atoms with Gasteiger partial charge in [-0.3, -0.25) is 9.69 Å². The molecular weight excluding hydrogens is 419 g/mol. The van der Waals surface area contributed by atoms with Crippen molar-refractivity contribution in [3.8, 4) is 0 Å². The molecule has 1 radical (unpaired) electrons. The van der Waals surface area contributed by atoms with Gasteiger partial charge in [-0.1, -0.05) is 25.1 Å². The molecule has 1 fully saturated rings. The molecule has 0 bridgehead atoms. The molecule has 0 saturated carbocycles. The highest BCUT2D eigenvalue weighted by atomic mass is 19.4. The Labute approximate surface area is 179 Å². The van der Waals surface area contributed by atoms with Crippen molar-refractivity contribution >= 4 is 11.6 Å². The summed E-state index contributed by atoms with van der Waals surface area (Å²) >= 11 is 0. The van der Waals surface area contributed by atoms with Gasteiger partial charge >= 0.3 is 12.3 Å². The number of anilines is 1. The molecule has 0 spiro atoms. The molecule has 2 aliphatic heterocycles. The van der Waals surface area contributed by atoms with Crippen LogP contribution in [0.3, 0.4) is 0 Å². The van der Waals surface area contributed by atoms with Crippen molar-refractivity contribution in [2.24, 2.45) is 11.0 Å². The number of nitrogens with one attached hydrogen (secondary N) is 1. The molecule has 1 saturated heterocycles. The Morgan fingerprint density at radius 1 is 1.29 bits per heavy atom. The maximum absolute atomic E-state index is 13.8. The maximum Gasteiger partial charge on any atom is 0.416 e. The normalized spacial score (nSPS) is 19.0. The van der Waals surface area contributed by atoms with E-state index in [-0.39, 0.29) is 26.3 Å². The molecule has 3 rings (SSSR count). The number of halogens is 5. The van der Waals surface area contributed by atoms with E-state index in [9.17, 15) is 26.7 Å². The first kappa shape index (κ1) is 24.5. The second kappa shape index (κ2) is 9.57. The van der Waals surface area contributed by atoms with Crippen LogP contribution < -0.4 is 10.2 Å². The third-order valence-electron chi connectivity index (χ3n) is 4.61. The Bertz CT molecular complexity index is 862. The van der Waals surface area contributed by atoms with Crippen LogP contribution in [0.1, 0.15) is 27.8 Å². The Morgan fingerprint density at radius 2 is 1.90 bits per heavy atom. The van der Waals surface area contributed by atoms with E-state index in [1.165, 1.54) is 22.9 Å². The Kier molecular flexibility index (Phi) is 7.56. The molecule has 1 atom stereocenters. The number of benzene rings is 1. The third kappa shape index (κ3) is 5.89. The van der Waals surface area contributed by atoms with Gasteiger partial charge in [-0.25, -0.2) is 0 Å². The number of azo groups is 2. The predicted octanol–water partition coefficient (Wildman–Crippen LogP) is 5.22. The van der Waals surface area contributed by atoms with Crippen molar-refractivity contribution in [3.63, 3.8) is 0 Å². The standard InChI is InChI=1S/C19H19F5N4O.C2H6.H2/c1-3-16(29)25-9-12-10-27(14-6-4-13(5-7-14)19(22,23)24)17-8-15(18(2,20)21)26-28(17)11-12;1-2;/h3-8,12H,1,9-11H2,2H3,(H,25,29);1-2H3;1H/q+1;;. The summed E-state index contributed by atoms with van der Waals surface area (Å²) in [5.41, 5.74) is -0.826. The molecule has 171 valence electrons. The number of allylic oxidation sites excluding steroid dienone is 1. The Balaban J connectivity index is 0.00000166. The second-order valence-electron chi connectivity index (χ2n) is 6.93. The zero-order chi connectivity index (χ0) is 23.4. The number of carbonyl (C=O) groups excluding carboxylic acids is 1. The van der Waals surface area contributed by atoms with E-state index in [2.05, 4.69) is 17.0 Å². The molecule has 1 aromatic rings. The van der Waals surface area contributed by atoms with Gasteiger partial charge in [0.1, 0.15) is 0 Å². The van der Waals surface area contributed by atoms with Crippen molar-refractivity contribution in [2.45, 2.75) is 32.9 Å². The average Bonchev–Trinajstić information content (AvgIpc) is 3.17. The van der Waals surface area contributed by atoms with Crippen molar-refractivity contribution in [1.29, 1.82) is 0 Å². The summed E-state index contributed by atoms with van der Waals surface area (Å²) in [6, 6.07) is 4.45. The number of nitrogens with zero attached hydrogens (tertiary/aromatic N) is 3. The first-order valence-corrected chi connectivity index (χ1v) is 9.80. The van der Waals surface area contributed by atoms with Crippen molar-refractivity contribution in [1.82, 2.24) is 5.32 Å². The quantitative estimate of drug-likeness (QED) is 0.383. The highest BCUT2D eigenvalue weighted by molar-refractivity contribution is 5.86. The van der Waals surface area contributed by atoms with Crippen LogP contribution in [0, 0.1) is 12.1 Å². The van der Waals surface area contributed by atoms with Crippen LogP contribution in [-0.4, -0.2) is 36.2 Å². The number of hydrogen-bond acceptors (Lipinski definition) is 3. The summed E-state index contributed by atoms with van der Waals surface area (Å²) in [7, 11) is 0. The zero-order valence-electron chi connectivity index (χ0n) is 17.5. The SMILES string of the molecule is C=CC(=O)NCC1CN(c2ccc(C(F)(F)F)cc2)[C]2C=C(C(C)(F)F)N=[N+]2C1.CC.[HH]. The van der Waals surface area contributed by atoms with Gasteiger partial charge in [0.2, 0.25) is 5.91 Å². The molecule has 1 N–H and O–H groups in total. The monoisotopic (exact) mass is 446 g/mol. The van der Waals surface area contributed by atoms with Crippen molar-refractivity contribution in [3.05, 3.63) is 60.4 Å². The molecule has 31 heavy (non-hydrogen) atoms. The Morgan fingerprint density at radius 3 is 2.42 bits per heavy atom. The molecule has 2 aliphatic rings. The molecular formula is C21H27F5N4O+. The summed E-state index contributed by atoms with van der Waals surface area (Å²) < 4.78 is 67.5. The highest BCUT2D eigenvalue weighted by Crippen LogP contribution is 2.38. The van der Waals surface area contributed by atoms with Gasteiger partial charge in [0.15, 0.2) is 12.2 Å². The smallest absolute Gasteiger partial charge is 0.352 e. The first-order chi connectivity index (χ1) is 14.5. The largest absolute Gasteiger partial charge is 0.416 e. The summed E-state index contributed by atoms with van der Waals surface area (Å²) in [5, 5.41) is 6.61. The van der Waals surface area contributed by atoms with Crippen molar-refractivity contribution in [2.75, 3.05) is 24.5 Å². The molecule has 0 aliphatic carbocycles. The van der Waals surface area contributed by atoms with Gasteiger partial charge in [0.05, 0.1) is 17.6 Å². The average molecular weight is 446 g/mol. The molecule has 1 aromatic carbocycles. The van der Waals surface area contributed by atoms with Gasteiger partial charge in [-0.15, -0.1) is 0 Å². The van der Waals surface area contributed by atoms with E-state index in [1.54, 1.807) is 4.90 Å². The van der Waals surface area contributed by atoms with Gasteiger partial charge in [-0.2, -0.15) is 22.0 Å². The third-order valence-corrected chi connectivity index (χ3v) is 4.61. The van der Waals surface area contributed by atoms with E-state index in [0.717, 1.165) is 25.1 Å². The lowest BCUT2D eigenvalue weighted by Crippen LogP contribution is -2.49. The van der Waals surface area contributed by atoms with Gasteiger partial charge < -0.3 is 5.32 Å². The number of alkyl halides is 5. The van der Waals surface area contributed by atoms with Crippen molar-refractivity contribution < 1.29 is 32.9 Å². The van der Waals surface area contributed by atoms with Gasteiger partial charge in [0, 0.05) is 27.1 Å². The number of amides is 1. The molecule has 1 amide bonds. The van der Waals surface area contributed by atoms with Crippen LogP contribution in [0.5, 0.6) is 0 Å². The van der Waals surface area contributed by atoms with Crippen LogP contribution in [0.15, 0.2) is 53.8 Å². The number of rotatable bonds is 5. The van der Waals surface area contributed by atoms with Gasteiger partial charge in [0.25, 0.3) is 5.92 Å². The topological polar surface area (TPSA) is 47.7 Å². The lowest BCUT2D eigenvalue weighted by atomic mass is 10.0. The number of fused-ring (bicyclic) bond motifs is 1. The zero-order valence-corrected chi connectivity index (χ0v) is 17.5. The van der Waals surface area contributed by atoms with Crippen LogP contribution >= 0.6 is 0 Å². The lowest BCUT2D eigenvalue weighted by molar-refractivity contribution is -0.580. The minimum atomic E-state index is -4.48. The molecule has 5 nitrogen and oxygen atoms in total. The van der Waals surface area contributed by atoms with Crippen LogP contribution in [0.4, 0.5) is 27.6 Å². The van der Waals surface area contributed by atoms with Crippen LogP contribution in [-0.2, 0) is 11.0 Å². The Hall–Kier alpha value is -2.78. The summed E-state index contributed by atoms with van der Waals surface area (Å²) in [6.07, 6.45) is -1.77. The van der Waals surface area contributed by atoms with E-state index in [4.69, 9.17) is 0 Å². The fraction of sp³-hybridized carbons (Fsp3) is 0.429. The number of carbonyl (C=O) groups is 1. The molecule has 0 aromatic heterocycles.